The van der Waals surface area contributed by atoms with E-state index in [1.54, 1.807) is 0 Å². The van der Waals surface area contributed by atoms with Gasteiger partial charge in [-0.05, 0) is 25.0 Å². The summed E-state index contributed by atoms with van der Waals surface area (Å²) >= 11 is 0. The first-order valence-corrected chi connectivity index (χ1v) is 6.90. The van der Waals surface area contributed by atoms with Crippen LogP contribution >= 0.6 is 0 Å². The van der Waals surface area contributed by atoms with Crippen molar-refractivity contribution in [3.63, 3.8) is 0 Å². The van der Waals surface area contributed by atoms with E-state index in [0.717, 1.165) is 6.54 Å². The highest BCUT2D eigenvalue weighted by molar-refractivity contribution is 5.48. The lowest BCUT2D eigenvalue weighted by atomic mass is 10.0. The maximum absolute atomic E-state index is 2.55. The van der Waals surface area contributed by atoms with Gasteiger partial charge in [0.1, 0.15) is 0 Å². The predicted molar refractivity (Wildman–Crippen MR) is 75.5 cm³/mol. The zero-order valence-electron chi connectivity index (χ0n) is 10.8. The lowest BCUT2D eigenvalue weighted by Crippen LogP contribution is -2.36. The number of anilines is 1. The summed E-state index contributed by atoms with van der Waals surface area (Å²) in [4.78, 5) is 2.55. The van der Waals surface area contributed by atoms with Crippen molar-refractivity contribution in [2.75, 3.05) is 11.4 Å². The van der Waals surface area contributed by atoms with Crippen LogP contribution < -0.4 is 4.90 Å². The first-order chi connectivity index (χ1) is 8.42. The molecule has 0 amide bonds. The monoisotopic (exact) mass is 229 g/mol. The van der Waals surface area contributed by atoms with Crippen molar-refractivity contribution in [2.24, 2.45) is 0 Å². The fourth-order valence-electron chi connectivity index (χ4n) is 2.53. The summed E-state index contributed by atoms with van der Waals surface area (Å²) in [5.41, 5.74) is 1.37. The largest absolute Gasteiger partial charge is 0.365 e. The zero-order valence-corrected chi connectivity index (χ0v) is 10.8. The Balaban J connectivity index is 2.01. The van der Waals surface area contributed by atoms with E-state index in [-0.39, 0.29) is 0 Å². The van der Waals surface area contributed by atoms with Crippen LogP contribution in [-0.2, 0) is 0 Å². The summed E-state index contributed by atoms with van der Waals surface area (Å²) in [5, 5.41) is 0. The number of rotatable bonds is 5. The fraction of sp³-hybridized carbons (Fsp3) is 0.500. The second kappa shape index (κ2) is 6.48. The molecule has 92 valence electrons. The lowest BCUT2D eigenvalue weighted by molar-refractivity contribution is 0.568. The Bertz CT molecular complexity index is 342. The number of benzene rings is 1. The van der Waals surface area contributed by atoms with Gasteiger partial charge in [0, 0.05) is 18.3 Å². The molecule has 0 spiro atoms. The molecule has 1 aliphatic heterocycles. The second-order valence-electron chi connectivity index (χ2n) is 4.81. The third kappa shape index (κ3) is 3.36. The van der Waals surface area contributed by atoms with E-state index in [4.69, 9.17) is 0 Å². The molecular formula is C16H23N. The zero-order chi connectivity index (χ0) is 11.9. The SMILES string of the molecule is CCCCCC1C=CCCN1c1ccccc1. The highest BCUT2D eigenvalue weighted by Gasteiger charge is 2.17. The van der Waals surface area contributed by atoms with Crippen LogP contribution in [0.4, 0.5) is 5.69 Å². The van der Waals surface area contributed by atoms with Gasteiger partial charge >= 0.3 is 0 Å². The molecule has 17 heavy (non-hydrogen) atoms. The Hall–Kier alpha value is -1.24. The molecule has 1 aromatic rings. The van der Waals surface area contributed by atoms with E-state index in [2.05, 4.69) is 54.3 Å². The molecule has 2 rings (SSSR count). The van der Waals surface area contributed by atoms with E-state index >= 15 is 0 Å². The normalized spacial score (nSPS) is 19.6. The van der Waals surface area contributed by atoms with Crippen molar-refractivity contribution in [3.05, 3.63) is 42.5 Å². The molecule has 0 aromatic heterocycles. The molecule has 0 radical (unpaired) electrons. The van der Waals surface area contributed by atoms with Gasteiger partial charge in [0.05, 0.1) is 0 Å². The van der Waals surface area contributed by atoms with E-state index in [1.165, 1.54) is 37.8 Å². The van der Waals surface area contributed by atoms with Crippen molar-refractivity contribution in [1.29, 1.82) is 0 Å². The number of unbranched alkanes of at least 4 members (excludes halogenated alkanes) is 2. The summed E-state index contributed by atoms with van der Waals surface area (Å²) < 4.78 is 0. The van der Waals surface area contributed by atoms with Gasteiger partial charge in [-0.3, -0.25) is 0 Å². The van der Waals surface area contributed by atoms with Crippen LogP contribution in [0.5, 0.6) is 0 Å². The third-order valence-electron chi connectivity index (χ3n) is 3.49. The molecule has 0 saturated carbocycles. The predicted octanol–water partition coefficient (Wildman–Crippen LogP) is 4.40. The van der Waals surface area contributed by atoms with Crippen LogP contribution in [0.1, 0.15) is 39.0 Å². The smallest absolute Gasteiger partial charge is 0.0473 e. The van der Waals surface area contributed by atoms with Gasteiger partial charge in [-0.25, -0.2) is 0 Å². The minimum atomic E-state index is 0.609. The van der Waals surface area contributed by atoms with Gasteiger partial charge in [-0.1, -0.05) is 56.5 Å². The Kier molecular flexibility index (Phi) is 4.66. The molecule has 1 atom stereocenters. The fourth-order valence-corrected chi connectivity index (χ4v) is 2.53. The van der Waals surface area contributed by atoms with Crippen molar-refractivity contribution < 1.29 is 0 Å². The number of hydrogen-bond acceptors (Lipinski definition) is 1. The van der Waals surface area contributed by atoms with Gasteiger partial charge in [-0.15, -0.1) is 0 Å². The molecule has 1 aromatic carbocycles. The minimum Gasteiger partial charge on any atom is -0.365 e. The molecule has 0 fully saturated rings. The van der Waals surface area contributed by atoms with Crippen molar-refractivity contribution in [1.82, 2.24) is 0 Å². The average Bonchev–Trinajstić information content (AvgIpc) is 2.41. The van der Waals surface area contributed by atoms with Crippen LogP contribution in [-0.4, -0.2) is 12.6 Å². The Morgan fingerprint density at radius 2 is 2.00 bits per heavy atom. The standard InChI is InChI=1S/C16H23N/c1-2-3-5-10-15-13-8-9-14-17(15)16-11-6-4-7-12-16/h4,6-8,11-13,15H,2-3,5,9-10,14H2,1H3. The average molecular weight is 229 g/mol. The molecule has 0 bridgehead atoms. The first-order valence-electron chi connectivity index (χ1n) is 6.90. The summed E-state index contributed by atoms with van der Waals surface area (Å²) in [6, 6.07) is 11.4. The maximum atomic E-state index is 2.55. The molecular weight excluding hydrogens is 206 g/mol. The van der Waals surface area contributed by atoms with Crippen LogP contribution in [0.2, 0.25) is 0 Å². The van der Waals surface area contributed by atoms with Crippen molar-refractivity contribution in [2.45, 2.75) is 45.1 Å². The topological polar surface area (TPSA) is 3.24 Å². The minimum absolute atomic E-state index is 0.609. The van der Waals surface area contributed by atoms with Gasteiger partial charge in [0.15, 0.2) is 0 Å². The Morgan fingerprint density at radius 1 is 1.18 bits per heavy atom. The van der Waals surface area contributed by atoms with E-state index in [1.807, 2.05) is 0 Å². The third-order valence-corrected chi connectivity index (χ3v) is 3.49. The highest BCUT2D eigenvalue weighted by Crippen LogP contribution is 2.23. The van der Waals surface area contributed by atoms with Gasteiger partial charge in [-0.2, -0.15) is 0 Å². The molecule has 1 nitrogen and oxygen atoms in total. The van der Waals surface area contributed by atoms with E-state index in [9.17, 15) is 0 Å². The molecule has 1 unspecified atom stereocenters. The molecule has 0 saturated heterocycles. The summed E-state index contributed by atoms with van der Waals surface area (Å²) in [7, 11) is 0. The molecule has 0 N–H and O–H groups in total. The first kappa shape index (κ1) is 12.2. The van der Waals surface area contributed by atoms with Crippen LogP contribution in [0.3, 0.4) is 0 Å². The highest BCUT2D eigenvalue weighted by atomic mass is 15.2. The summed E-state index contributed by atoms with van der Waals surface area (Å²) in [6.45, 7) is 3.43. The number of nitrogens with zero attached hydrogens (tertiary/aromatic N) is 1. The second-order valence-corrected chi connectivity index (χ2v) is 4.81. The van der Waals surface area contributed by atoms with Gasteiger partial charge in [0.25, 0.3) is 0 Å². The van der Waals surface area contributed by atoms with Gasteiger partial charge in [0.2, 0.25) is 0 Å². The maximum Gasteiger partial charge on any atom is 0.0473 e. The summed E-state index contributed by atoms with van der Waals surface area (Å²) in [6.07, 6.45) is 11.2. The van der Waals surface area contributed by atoms with Crippen LogP contribution in [0.25, 0.3) is 0 Å². The quantitative estimate of drug-likeness (QED) is 0.534. The molecule has 0 aliphatic carbocycles. The Labute approximate surface area is 105 Å². The molecule has 1 heterocycles. The van der Waals surface area contributed by atoms with Crippen LogP contribution in [0, 0.1) is 0 Å². The summed E-state index contributed by atoms with van der Waals surface area (Å²) in [5.74, 6) is 0. The van der Waals surface area contributed by atoms with E-state index in [0.29, 0.717) is 6.04 Å². The van der Waals surface area contributed by atoms with E-state index < -0.39 is 0 Å². The number of para-hydroxylation sites is 1. The number of hydrogen-bond donors (Lipinski definition) is 0. The lowest BCUT2D eigenvalue weighted by Gasteiger charge is -2.34. The molecule has 1 heteroatoms. The Morgan fingerprint density at radius 3 is 2.76 bits per heavy atom. The van der Waals surface area contributed by atoms with Crippen molar-refractivity contribution in [3.8, 4) is 0 Å². The van der Waals surface area contributed by atoms with Gasteiger partial charge < -0.3 is 4.90 Å². The van der Waals surface area contributed by atoms with Crippen LogP contribution in [0.15, 0.2) is 42.5 Å². The molecule has 1 aliphatic rings. The van der Waals surface area contributed by atoms with Crippen molar-refractivity contribution >= 4 is 5.69 Å².